The van der Waals surface area contributed by atoms with Gasteiger partial charge in [0.15, 0.2) is 0 Å². The van der Waals surface area contributed by atoms with Gasteiger partial charge in [-0.3, -0.25) is 24.0 Å². The summed E-state index contributed by atoms with van der Waals surface area (Å²) in [5.74, 6) is -2.67. The van der Waals surface area contributed by atoms with Gasteiger partial charge in [0.05, 0.1) is 6.04 Å². The zero-order valence-corrected chi connectivity index (χ0v) is 27.0. The number of nitrogens with zero attached hydrogens (tertiary/aromatic N) is 1. The van der Waals surface area contributed by atoms with E-state index < -0.39 is 64.6 Å². The summed E-state index contributed by atoms with van der Waals surface area (Å²) in [6.07, 6.45) is 4.04. The molecule has 4 atom stereocenters. The molecule has 242 valence electrons. The molecule has 12 heteroatoms. The Bertz CT molecular complexity index is 1070. The van der Waals surface area contributed by atoms with Crippen molar-refractivity contribution in [1.29, 1.82) is 0 Å². The van der Waals surface area contributed by atoms with Gasteiger partial charge in [-0.2, -0.15) is 0 Å². The van der Waals surface area contributed by atoms with Crippen LogP contribution in [0.3, 0.4) is 0 Å². The number of hydrogen-bond donors (Lipinski definition) is 4. The van der Waals surface area contributed by atoms with Crippen LogP contribution >= 0.6 is 0 Å². The smallest absolute Gasteiger partial charge is 0.325 e. The molecule has 5 amide bonds. The second-order valence-electron chi connectivity index (χ2n) is 14.1. The molecule has 1 saturated carbocycles. The minimum absolute atomic E-state index is 0.00906. The van der Waals surface area contributed by atoms with Crippen molar-refractivity contribution in [2.24, 2.45) is 23.2 Å². The van der Waals surface area contributed by atoms with E-state index in [1.165, 1.54) is 11.0 Å². The van der Waals surface area contributed by atoms with Crippen molar-refractivity contribution in [3.05, 3.63) is 12.7 Å². The third-order valence-corrected chi connectivity index (χ3v) is 7.59. The Morgan fingerprint density at radius 1 is 0.977 bits per heavy atom. The molecule has 0 aromatic heterocycles. The lowest BCUT2D eigenvalue weighted by molar-refractivity contribution is -0.153. The molecule has 0 aromatic carbocycles. The van der Waals surface area contributed by atoms with Gasteiger partial charge in [0.25, 0.3) is 5.91 Å². The van der Waals surface area contributed by atoms with Gasteiger partial charge in [-0.15, -0.1) is 6.58 Å². The van der Waals surface area contributed by atoms with Crippen molar-refractivity contribution in [3.63, 3.8) is 0 Å². The van der Waals surface area contributed by atoms with Gasteiger partial charge >= 0.3 is 12.0 Å². The molecule has 1 saturated heterocycles. The third kappa shape index (κ3) is 11.3. The molecule has 0 bridgehead atoms. The van der Waals surface area contributed by atoms with Gasteiger partial charge in [0.2, 0.25) is 17.6 Å². The molecule has 3 unspecified atom stereocenters. The number of esters is 1. The van der Waals surface area contributed by atoms with Gasteiger partial charge in [-0.1, -0.05) is 53.5 Å². The van der Waals surface area contributed by atoms with Crippen LogP contribution in [-0.2, 0) is 28.7 Å². The van der Waals surface area contributed by atoms with E-state index >= 15 is 0 Å². The van der Waals surface area contributed by atoms with E-state index in [1.807, 2.05) is 13.8 Å². The van der Waals surface area contributed by atoms with E-state index in [4.69, 9.17) is 4.74 Å². The number of Topliss-reactive ketones (excluding diaryl/α,β-unsaturated/α-hetero) is 1. The van der Waals surface area contributed by atoms with Crippen LogP contribution in [0.2, 0.25) is 0 Å². The van der Waals surface area contributed by atoms with Crippen LogP contribution in [0.15, 0.2) is 12.7 Å². The van der Waals surface area contributed by atoms with Crippen molar-refractivity contribution in [2.75, 3.05) is 19.6 Å². The normalized spacial score (nSPS) is 20.1. The molecule has 12 nitrogen and oxygen atoms in total. The molecule has 2 aliphatic rings. The van der Waals surface area contributed by atoms with E-state index in [9.17, 15) is 28.8 Å². The minimum Gasteiger partial charge on any atom is -0.459 e. The summed E-state index contributed by atoms with van der Waals surface area (Å²) in [5.41, 5.74) is -1.46. The Balaban J connectivity index is 2.23. The van der Waals surface area contributed by atoms with Gasteiger partial charge in [-0.05, 0) is 56.8 Å². The fourth-order valence-electron chi connectivity index (χ4n) is 4.97. The van der Waals surface area contributed by atoms with Crippen molar-refractivity contribution in [1.82, 2.24) is 26.2 Å². The lowest BCUT2D eigenvalue weighted by Crippen LogP contribution is -2.60. The van der Waals surface area contributed by atoms with Crippen LogP contribution in [0.1, 0.15) is 81.1 Å². The molecule has 43 heavy (non-hydrogen) atoms. The van der Waals surface area contributed by atoms with E-state index in [2.05, 4.69) is 27.8 Å². The number of carbonyl (C=O) groups excluding carboxylic acids is 6. The van der Waals surface area contributed by atoms with Crippen molar-refractivity contribution < 1.29 is 33.5 Å². The first-order valence-electron chi connectivity index (χ1n) is 15.1. The Morgan fingerprint density at radius 3 is 2.12 bits per heavy atom. The second kappa shape index (κ2) is 14.8. The monoisotopic (exact) mass is 605 g/mol. The number of nitrogens with one attached hydrogen (secondary N) is 4. The molecule has 1 heterocycles. The van der Waals surface area contributed by atoms with E-state index in [1.54, 1.807) is 41.5 Å². The van der Waals surface area contributed by atoms with Gasteiger partial charge in [0.1, 0.15) is 24.2 Å². The number of carbonyl (C=O) groups is 6. The number of ether oxygens (including phenoxy) is 1. The highest BCUT2D eigenvalue weighted by atomic mass is 16.6. The van der Waals surface area contributed by atoms with Crippen molar-refractivity contribution in [3.8, 4) is 0 Å². The zero-order chi connectivity index (χ0) is 32.7. The highest BCUT2D eigenvalue weighted by Gasteiger charge is 2.46. The molecule has 4 N–H and O–H groups in total. The van der Waals surface area contributed by atoms with Gasteiger partial charge in [-0.25, -0.2) is 4.79 Å². The van der Waals surface area contributed by atoms with Gasteiger partial charge in [0, 0.05) is 13.1 Å². The summed E-state index contributed by atoms with van der Waals surface area (Å²) in [6.45, 7) is 18.1. The van der Waals surface area contributed by atoms with E-state index in [-0.39, 0.29) is 30.8 Å². The maximum atomic E-state index is 14.0. The number of ketones is 1. The fraction of sp³-hybridized carbons (Fsp3) is 0.742. The number of amides is 5. The summed E-state index contributed by atoms with van der Waals surface area (Å²) in [5, 5.41) is 10.4. The topological polar surface area (TPSA) is 163 Å². The Hall–Kier alpha value is -3.44. The SMILES string of the molecule is C=CCNC(=O)C(=O)C(CC1CC1)NC(=O)C1C[C@@H](C(C)C)CN1C(=O)C(NC(=O)NCC(=O)OC(C)(C)C)C(C)(C)C. The molecule has 2 rings (SSSR count). The molecule has 2 fully saturated rings. The molecule has 1 aliphatic heterocycles. The Morgan fingerprint density at radius 2 is 1.60 bits per heavy atom. The van der Waals surface area contributed by atoms with Crippen LogP contribution in [-0.4, -0.2) is 83.8 Å². The van der Waals surface area contributed by atoms with Crippen LogP contribution in [0, 0.1) is 23.2 Å². The third-order valence-electron chi connectivity index (χ3n) is 7.59. The lowest BCUT2D eigenvalue weighted by Gasteiger charge is -2.35. The van der Waals surface area contributed by atoms with Crippen LogP contribution in [0.25, 0.3) is 0 Å². The summed E-state index contributed by atoms with van der Waals surface area (Å²) in [6, 6.07) is -3.64. The summed E-state index contributed by atoms with van der Waals surface area (Å²) < 4.78 is 5.22. The Kier molecular flexibility index (Phi) is 12.3. The summed E-state index contributed by atoms with van der Waals surface area (Å²) in [4.78, 5) is 79.5. The predicted molar refractivity (Wildman–Crippen MR) is 162 cm³/mol. The number of urea groups is 1. The minimum atomic E-state index is -1.03. The van der Waals surface area contributed by atoms with Gasteiger partial charge < -0.3 is 30.9 Å². The predicted octanol–water partition coefficient (Wildman–Crippen LogP) is 2.07. The number of likely N-dealkylation sites (tertiary alicyclic amines) is 1. The van der Waals surface area contributed by atoms with Crippen molar-refractivity contribution in [2.45, 2.75) is 105 Å². The quantitative estimate of drug-likeness (QED) is 0.142. The van der Waals surface area contributed by atoms with E-state index in [0.717, 1.165) is 12.8 Å². The molecule has 0 aromatic rings. The summed E-state index contributed by atoms with van der Waals surface area (Å²) >= 11 is 0. The summed E-state index contributed by atoms with van der Waals surface area (Å²) in [7, 11) is 0. The molecule has 1 aliphatic carbocycles. The first-order chi connectivity index (χ1) is 19.8. The maximum absolute atomic E-state index is 14.0. The Labute approximate surface area is 255 Å². The molecular weight excluding hydrogens is 554 g/mol. The van der Waals surface area contributed by atoms with Crippen LogP contribution in [0.5, 0.6) is 0 Å². The standard InChI is InChI=1S/C31H51N5O7/c1-10-13-32-27(40)24(38)21(14-19-11-12-19)34-26(39)22-15-20(18(2)3)17-36(22)28(41)25(30(4,5)6)35-29(42)33-16-23(37)43-31(7,8)9/h10,18-22,25H,1,11-17H2,2-9H3,(H,32,40)(H,34,39)(H2,33,35,42)/t20-,21?,22?,25?/m1/s1. The molecule has 0 radical (unpaired) electrons. The average molecular weight is 606 g/mol. The largest absolute Gasteiger partial charge is 0.459 e. The number of hydrogen-bond acceptors (Lipinski definition) is 7. The zero-order valence-electron chi connectivity index (χ0n) is 27.0. The maximum Gasteiger partial charge on any atom is 0.325 e. The average Bonchev–Trinajstić information content (AvgIpc) is 3.59. The van der Waals surface area contributed by atoms with E-state index in [0.29, 0.717) is 19.4 Å². The van der Waals surface area contributed by atoms with Crippen LogP contribution in [0.4, 0.5) is 4.79 Å². The molecular formula is C31H51N5O7. The first-order valence-corrected chi connectivity index (χ1v) is 15.1. The number of rotatable bonds is 13. The second-order valence-corrected chi connectivity index (χ2v) is 14.1. The lowest BCUT2D eigenvalue weighted by atomic mass is 9.85. The molecule has 0 spiro atoms. The van der Waals surface area contributed by atoms with Crippen LogP contribution < -0.4 is 21.3 Å². The van der Waals surface area contributed by atoms with Crippen molar-refractivity contribution >= 4 is 35.5 Å². The first kappa shape index (κ1) is 35.8. The highest BCUT2D eigenvalue weighted by molar-refractivity contribution is 6.38. The highest BCUT2D eigenvalue weighted by Crippen LogP contribution is 2.35. The fourth-order valence-corrected chi connectivity index (χ4v) is 4.97.